The van der Waals surface area contributed by atoms with E-state index in [1.165, 1.54) is 0 Å². The Labute approximate surface area is 60.6 Å². The Balaban J connectivity index is 2.54. The van der Waals surface area contributed by atoms with E-state index in [1.807, 2.05) is 14.8 Å². The Bertz CT molecular complexity index is 99.1. The summed E-state index contributed by atoms with van der Waals surface area (Å²) < 4.78 is 5.20. The lowest BCUT2D eigenvalue weighted by Gasteiger charge is -2.07. The van der Waals surface area contributed by atoms with E-state index in [9.17, 15) is 5.11 Å². The zero-order valence-electron chi connectivity index (χ0n) is 5.54. The van der Waals surface area contributed by atoms with Gasteiger partial charge in [-0.1, -0.05) is 0 Å². The summed E-state index contributed by atoms with van der Waals surface area (Å²) in [6, 6.07) is -0.0170. The van der Waals surface area contributed by atoms with E-state index in [2.05, 4.69) is 0 Å². The second-order valence-corrected chi connectivity index (χ2v) is 2.99. The molecule has 1 N–H and O–H groups in total. The summed E-state index contributed by atoms with van der Waals surface area (Å²) in [5, 5.41) is 8.94. The van der Waals surface area contributed by atoms with Crippen LogP contribution in [0.2, 0.25) is 0 Å². The highest BCUT2D eigenvalue weighted by molar-refractivity contribution is 6.27. The third-order valence-corrected chi connectivity index (χ3v) is 2.30. The van der Waals surface area contributed by atoms with Crippen LogP contribution in [0.5, 0.6) is 0 Å². The van der Waals surface area contributed by atoms with E-state index in [0.29, 0.717) is 0 Å². The van der Waals surface area contributed by atoms with Gasteiger partial charge in [-0.3, -0.25) is 0 Å². The van der Waals surface area contributed by atoms with Crippen LogP contribution in [0.3, 0.4) is 0 Å². The first-order chi connectivity index (χ1) is 4.13. The fourth-order valence-electron chi connectivity index (χ4n) is 1.03. The largest absolute Gasteiger partial charge is 0.389 e. The number of aliphatic hydroxyl groups excluding tert-OH is 1. The van der Waals surface area contributed by atoms with Crippen molar-refractivity contribution in [1.82, 2.24) is 0 Å². The van der Waals surface area contributed by atoms with Gasteiger partial charge in [-0.2, -0.15) is 0 Å². The molecule has 0 bridgehead atoms. The van der Waals surface area contributed by atoms with Gasteiger partial charge in [-0.05, 0) is 6.92 Å². The lowest BCUT2D eigenvalue weighted by atomic mass is 9.96. The lowest BCUT2D eigenvalue weighted by Crippen LogP contribution is -2.26. The van der Waals surface area contributed by atoms with E-state index in [0.717, 1.165) is 0 Å². The van der Waals surface area contributed by atoms with Crippen molar-refractivity contribution in [3.8, 4) is 0 Å². The zero-order chi connectivity index (χ0) is 7.02. The van der Waals surface area contributed by atoms with Crippen molar-refractivity contribution in [3.63, 3.8) is 0 Å². The van der Waals surface area contributed by atoms with E-state index >= 15 is 0 Å². The fraction of sp³-hybridized carbons (Fsp3) is 1.00. The molecule has 0 aromatic carbocycles. The fourth-order valence-corrected chi connectivity index (χ4v) is 1.29. The van der Waals surface area contributed by atoms with Gasteiger partial charge < -0.3 is 9.84 Å². The molecule has 1 aliphatic rings. The quantitative estimate of drug-likeness (QED) is 0.365. The molecule has 0 unspecified atom stereocenters. The Kier molecular flexibility index (Phi) is 2.04. The number of hydrogen-bond donors (Lipinski definition) is 1. The molecule has 9 heavy (non-hydrogen) atoms. The number of ether oxygens (including phenoxy) is 1. The summed E-state index contributed by atoms with van der Waals surface area (Å²) in [5.41, 5.74) is 0. The molecule has 4 heteroatoms. The molecule has 0 radical (unpaired) electrons. The van der Waals surface area contributed by atoms with Gasteiger partial charge in [-0.25, -0.2) is 0 Å². The molecule has 0 amide bonds. The molecule has 0 aromatic rings. The van der Waals surface area contributed by atoms with Crippen molar-refractivity contribution in [3.05, 3.63) is 0 Å². The highest BCUT2D eigenvalue weighted by Crippen LogP contribution is 2.23. The average Bonchev–Trinajstić information content (AvgIpc) is 1.98. The predicted molar refractivity (Wildman–Crippen MR) is 38.5 cm³/mol. The molecule has 0 saturated carbocycles. The molecular formula is C5H10BClO2. The Morgan fingerprint density at radius 1 is 1.67 bits per heavy atom. The van der Waals surface area contributed by atoms with E-state index in [-0.39, 0.29) is 17.5 Å². The minimum atomic E-state index is -0.498. The predicted octanol–water partition coefficient (Wildman–Crippen LogP) is -0.667. The highest BCUT2D eigenvalue weighted by atomic mass is 35.5. The Morgan fingerprint density at radius 3 is 2.33 bits per heavy atom. The van der Waals surface area contributed by atoms with E-state index in [4.69, 9.17) is 16.3 Å². The summed E-state index contributed by atoms with van der Waals surface area (Å²) in [6.45, 7) is 1.82. The highest BCUT2D eigenvalue weighted by Gasteiger charge is 2.36. The number of rotatable bonds is 0. The topological polar surface area (TPSA) is 29.5 Å². The monoisotopic (exact) mass is 148 g/mol. The number of aliphatic hydroxyl groups is 1. The van der Waals surface area contributed by atoms with Gasteiger partial charge in [0.15, 0.2) is 0 Å². The normalized spacial score (nSPS) is 51.9. The first-order valence-electron chi connectivity index (χ1n) is 3.10. The molecular weight excluding hydrogens is 138 g/mol. The van der Waals surface area contributed by atoms with Crippen LogP contribution >= 0.6 is 11.6 Å². The summed E-state index contributed by atoms with van der Waals surface area (Å²) in [4.78, 5) is 0. The van der Waals surface area contributed by atoms with Crippen molar-refractivity contribution >= 4 is 19.4 Å². The van der Waals surface area contributed by atoms with Crippen LogP contribution in [0.25, 0.3) is 0 Å². The minimum Gasteiger partial charge on any atom is -0.389 e. The van der Waals surface area contributed by atoms with Crippen LogP contribution in [0.4, 0.5) is 0 Å². The maximum absolute atomic E-state index is 9.18. The van der Waals surface area contributed by atoms with Crippen molar-refractivity contribution in [1.29, 1.82) is 0 Å². The molecule has 1 rings (SSSR count). The first-order valence-corrected chi connectivity index (χ1v) is 3.54. The standard InChI is InChI=1S/C5H10BClO2/c1-2-4(8)3(7)5(6)9-2/h2-5,8H,6H2,1H3/t2-,3-,4-,5-/m1/s1. The summed E-state index contributed by atoms with van der Waals surface area (Å²) in [5.74, 6) is 0. The van der Waals surface area contributed by atoms with Gasteiger partial charge in [-0.15, -0.1) is 11.6 Å². The second-order valence-electron chi connectivity index (χ2n) is 2.48. The molecule has 1 fully saturated rings. The number of alkyl halides is 1. The molecule has 1 aliphatic heterocycles. The smallest absolute Gasteiger partial charge is 0.141 e. The molecule has 4 atom stereocenters. The molecule has 52 valence electrons. The zero-order valence-corrected chi connectivity index (χ0v) is 6.30. The second kappa shape index (κ2) is 2.49. The molecule has 1 heterocycles. The number of hydrogen-bond acceptors (Lipinski definition) is 2. The van der Waals surface area contributed by atoms with E-state index in [1.54, 1.807) is 0 Å². The van der Waals surface area contributed by atoms with Crippen LogP contribution in [-0.4, -0.2) is 36.5 Å². The summed E-state index contributed by atoms with van der Waals surface area (Å²) in [7, 11) is 1.87. The minimum absolute atomic E-state index is 0.0170. The SMILES string of the molecule is B[C@@H]1O[C@H](C)[C@@H](O)[C@H]1Cl. The van der Waals surface area contributed by atoms with Crippen LogP contribution in [0.1, 0.15) is 6.92 Å². The van der Waals surface area contributed by atoms with Crippen molar-refractivity contribution in [2.45, 2.75) is 30.5 Å². The van der Waals surface area contributed by atoms with Gasteiger partial charge in [0.1, 0.15) is 7.85 Å². The molecule has 0 aromatic heterocycles. The van der Waals surface area contributed by atoms with Gasteiger partial charge in [0.05, 0.1) is 17.6 Å². The van der Waals surface area contributed by atoms with E-state index < -0.39 is 6.10 Å². The summed E-state index contributed by atoms with van der Waals surface area (Å²) >= 11 is 5.73. The van der Waals surface area contributed by atoms with Crippen LogP contribution in [0.15, 0.2) is 0 Å². The van der Waals surface area contributed by atoms with Gasteiger partial charge >= 0.3 is 0 Å². The third-order valence-electron chi connectivity index (χ3n) is 1.68. The third kappa shape index (κ3) is 1.23. The molecule has 0 aliphatic carbocycles. The van der Waals surface area contributed by atoms with Gasteiger partial charge in [0, 0.05) is 6.00 Å². The molecule has 0 spiro atoms. The van der Waals surface area contributed by atoms with Gasteiger partial charge in [0.25, 0.3) is 0 Å². The molecule has 2 nitrogen and oxygen atoms in total. The van der Waals surface area contributed by atoms with Crippen LogP contribution in [0, 0.1) is 0 Å². The summed E-state index contributed by atoms with van der Waals surface area (Å²) in [6.07, 6.45) is -0.607. The average molecular weight is 148 g/mol. The Hall–Kier alpha value is 0.275. The first kappa shape index (κ1) is 7.38. The molecule has 1 saturated heterocycles. The maximum Gasteiger partial charge on any atom is 0.141 e. The Morgan fingerprint density at radius 2 is 2.22 bits per heavy atom. The number of halogens is 1. The van der Waals surface area contributed by atoms with Crippen molar-refractivity contribution in [2.75, 3.05) is 0 Å². The maximum atomic E-state index is 9.18. The lowest BCUT2D eigenvalue weighted by molar-refractivity contribution is 0.0457. The van der Waals surface area contributed by atoms with Crippen LogP contribution < -0.4 is 0 Å². The van der Waals surface area contributed by atoms with Crippen molar-refractivity contribution in [2.24, 2.45) is 0 Å². The van der Waals surface area contributed by atoms with Gasteiger partial charge in [0.2, 0.25) is 0 Å². The van der Waals surface area contributed by atoms with Crippen molar-refractivity contribution < 1.29 is 9.84 Å². The van der Waals surface area contributed by atoms with Crippen LogP contribution in [-0.2, 0) is 4.74 Å².